The van der Waals surface area contributed by atoms with Gasteiger partial charge in [-0.25, -0.2) is 9.37 Å². The van der Waals surface area contributed by atoms with Gasteiger partial charge in [-0.05, 0) is 48.4 Å². The van der Waals surface area contributed by atoms with Crippen LogP contribution in [0.3, 0.4) is 0 Å². The Morgan fingerprint density at radius 1 is 1.17 bits per heavy atom. The molecule has 5 heteroatoms. The van der Waals surface area contributed by atoms with E-state index in [1.165, 1.54) is 17.7 Å². The van der Waals surface area contributed by atoms with Crippen molar-refractivity contribution in [2.24, 2.45) is 0 Å². The van der Waals surface area contributed by atoms with Crippen LogP contribution in [0.15, 0.2) is 36.5 Å². The summed E-state index contributed by atoms with van der Waals surface area (Å²) in [6.07, 6.45) is 4.94. The minimum atomic E-state index is -0.261. The monoisotopic (exact) mass is 321 g/mol. The third-order valence-electron chi connectivity index (χ3n) is 4.79. The van der Waals surface area contributed by atoms with Crippen LogP contribution in [0, 0.1) is 5.82 Å². The normalized spacial score (nSPS) is 16.3. The second kappa shape index (κ2) is 5.18. The minimum Gasteiger partial charge on any atom is -0.488 e. The molecular weight excluding hydrogens is 305 g/mol. The zero-order valence-corrected chi connectivity index (χ0v) is 13.0. The first-order valence-electron chi connectivity index (χ1n) is 8.13. The number of halogens is 1. The van der Waals surface area contributed by atoms with Gasteiger partial charge in [0.25, 0.3) is 0 Å². The number of fused-ring (bicyclic) bond motifs is 2. The van der Waals surface area contributed by atoms with E-state index in [1.807, 2.05) is 6.07 Å². The molecule has 4 heterocycles. The Balaban J connectivity index is 1.80. The molecule has 0 fully saturated rings. The van der Waals surface area contributed by atoms with E-state index >= 15 is 0 Å². The highest BCUT2D eigenvalue weighted by atomic mass is 19.1. The van der Waals surface area contributed by atoms with Crippen LogP contribution in [0.1, 0.15) is 17.7 Å². The third-order valence-corrected chi connectivity index (χ3v) is 4.79. The predicted molar refractivity (Wildman–Crippen MR) is 91.3 cm³/mol. The van der Waals surface area contributed by atoms with Gasteiger partial charge in [0.05, 0.1) is 5.69 Å². The smallest absolute Gasteiger partial charge is 0.138 e. The third kappa shape index (κ3) is 1.98. The summed E-state index contributed by atoms with van der Waals surface area (Å²) in [5.74, 6) is 0.452. The summed E-state index contributed by atoms with van der Waals surface area (Å²) >= 11 is 0. The van der Waals surface area contributed by atoms with E-state index < -0.39 is 0 Å². The van der Waals surface area contributed by atoms with Gasteiger partial charge in [-0.2, -0.15) is 0 Å². The van der Waals surface area contributed by atoms with Crippen LogP contribution < -0.4 is 10.1 Å². The summed E-state index contributed by atoms with van der Waals surface area (Å²) in [4.78, 5) is 7.95. The minimum absolute atomic E-state index is 0.261. The van der Waals surface area contributed by atoms with E-state index in [4.69, 9.17) is 4.74 Å². The van der Waals surface area contributed by atoms with Gasteiger partial charge in [-0.15, -0.1) is 0 Å². The van der Waals surface area contributed by atoms with Gasteiger partial charge in [-0.1, -0.05) is 6.08 Å². The maximum Gasteiger partial charge on any atom is 0.138 e. The largest absolute Gasteiger partial charge is 0.488 e. The number of aromatic nitrogens is 2. The van der Waals surface area contributed by atoms with Crippen molar-refractivity contribution >= 4 is 16.6 Å². The molecule has 0 unspecified atom stereocenters. The number of nitrogens with one attached hydrogen (secondary N) is 2. The lowest BCUT2D eigenvalue weighted by Gasteiger charge is -2.14. The molecule has 2 N–H and O–H groups in total. The summed E-state index contributed by atoms with van der Waals surface area (Å²) in [5.41, 5.74) is 6.08. The standard InChI is InChI=1S/C19H16FN3O/c20-12-1-2-16-14(9-12)13-5-8-22-19-17(13)15(10-24-16)18(23-19)11-3-6-21-7-4-11/h1-3,5,8-9,21H,4,6-7,10H2,(H,22,23). The van der Waals surface area contributed by atoms with Gasteiger partial charge in [0.2, 0.25) is 0 Å². The summed E-state index contributed by atoms with van der Waals surface area (Å²) in [7, 11) is 0. The van der Waals surface area contributed by atoms with Crippen molar-refractivity contribution in [2.75, 3.05) is 13.1 Å². The van der Waals surface area contributed by atoms with Crippen LogP contribution in [0.5, 0.6) is 5.75 Å². The van der Waals surface area contributed by atoms with E-state index in [-0.39, 0.29) is 5.82 Å². The van der Waals surface area contributed by atoms with Crippen LogP contribution in [0.25, 0.3) is 27.7 Å². The quantitative estimate of drug-likeness (QED) is 0.719. The van der Waals surface area contributed by atoms with Gasteiger partial charge in [0.15, 0.2) is 0 Å². The molecule has 0 amide bonds. The maximum absolute atomic E-state index is 13.8. The molecule has 4 nitrogen and oxygen atoms in total. The summed E-state index contributed by atoms with van der Waals surface area (Å²) in [5, 5.41) is 4.37. The first-order valence-corrected chi connectivity index (χ1v) is 8.13. The zero-order chi connectivity index (χ0) is 16.1. The van der Waals surface area contributed by atoms with Gasteiger partial charge in [0, 0.05) is 29.3 Å². The SMILES string of the molecule is Fc1ccc2c(c1)-c1ccnc3[nH]c(C4=CCNCC4)c(c13)CO2. The van der Waals surface area contributed by atoms with Crippen molar-refractivity contribution in [2.45, 2.75) is 13.0 Å². The van der Waals surface area contributed by atoms with Gasteiger partial charge >= 0.3 is 0 Å². The van der Waals surface area contributed by atoms with E-state index in [9.17, 15) is 4.39 Å². The van der Waals surface area contributed by atoms with Crippen LogP contribution in [-0.2, 0) is 6.61 Å². The summed E-state index contributed by atoms with van der Waals surface area (Å²) in [6, 6.07) is 6.62. The predicted octanol–water partition coefficient (Wildman–Crippen LogP) is 3.64. The maximum atomic E-state index is 13.8. The molecule has 3 aromatic rings. The Morgan fingerprint density at radius 2 is 2.12 bits per heavy atom. The molecule has 2 aliphatic heterocycles. The summed E-state index contributed by atoms with van der Waals surface area (Å²) < 4.78 is 19.8. The first kappa shape index (κ1) is 13.7. The average molecular weight is 321 g/mol. The van der Waals surface area contributed by atoms with Crippen molar-refractivity contribution in [3.05, 3.63) is 53.6 Å². The van der Waals surface area contributed by atoms with Crippen LogP contribution in [0.4, 0.5) is 4.39 Å². The number of nitrogens with zero attached hydrogens (tertiary/aromatic N) is 1. The van der Waals surface area contributed by atoms with E-state index in [2.05, 4.69) is 21.4 Å². The van der Waals surface area contributed by atoms with Crippen LogP contribution >= 0.6 is 0 Å². The molecule has 0 aliphatic carbocycles. The first-order chi connectivity index (χ1) is 11.8. The molecule has 0 atom stereocenters. The highest BCUT2D eigenvalue weighted by Gasteiger charge is 2.24. The van der Waals surface area contributed by atoms with E-state index in [0.29, 0.717) is 12.4 Å². The molecule has 5 rings (SSSR count). The number of ether oxygens (including phenoxy) is 1. The Kier molecular flexibility index (Phi) is 2.97. The van der Waals surface area contributed by atoms with Crippen molar-refractivity contribution in [1.82, 2.24) is 15.3 Å². The number of rotatable bonds is 1. The molecule has 2 aliphatic rings. The molecule has 1 aromatic carbocycles. The van der Waals surface area contributed by atoms with Crippen molar-refractivity contribution in [3.63, 3.8) is 0 Å². The van der Waals surface area contributed by atoms with Gasteiger partial charge < -0.3 is 15.0 Å². The Morgan fingerprint density at radius 3 is 3.00 bits per heavy atom. The summed E-state index contributed by atoms with van der Waals surface area (Å²) in [6.45, 7) is 2.29. The topological polar surface area (TPSA) is 49.9 Å². The number of hydrogen-bond acceptors (Lipinski definition) is 3. The lowest BCUT2D eigenvalue weighted by atomic mass is 9.98. The molecule has 0 spiro atoms. The van der Waals surface area contributed by atoms with E-state index in [0.717, 1.165) is 52.9 Å². The van der Waals surface area contributed by atoms with E-state index in [1.54, 1.807) is 12.3 Å². The number of pyridine rings is 1. The van der Waals surface area contributed by atoms with Crippen LogP contribution in [0.2, 0.25) is 0 Å². The zero-order valence-electron chi connectivity index (χ0n) is 13.0. The number of H-pyrrole nitrogens is 1. The molecule has 24 heavy (non-hydrogen) atoms. The molecule has 0 saturated heterocycles. The Labute approximate surface area is 138 Å². The second-order valence-electron chi connectivity index (χ2n) is 6.17. The highest BCUT2D eigenvalue weighted by Crippen LogP contribution is 2.42. The molecule has 120 valence electrons. The lowest BCUT2D eigenvalue weighted by Crippen LogP contribution is -2.20. The van der Waals surface area contributed by atoms with Gasteiger partial charge in [-0.3, -0.25) is 0 Å². The molecule has 0 saturated carbocycles. The number of aromatic amines is 1. The van der Waals surface area contributed by atoms with Gasteiger partial charge in [0.1, 0.15) is 23.8 Å². The fraction of sp³-hybridized carbons (Fsp3) is 0.211. The Bertz CT molecular complexity index is 990. The van der Waals surface area contributed by atoms with Crippen LogP contribution in [-0.4, -0.2) is 23.1 Å². The number of benzene rings is 1. The Hall–Kier alpha value is -2.66. The molecule has 0 bridgehead atoms. The average Bonchev–Trinajstić information content (AvgIpc) is 2.91. The molecule has 0 radical (unpaired) electrons. The van der Waals surface area contributed by atoms with Crippen molar-refractivity contribution < 1.29 is 9.13 Å². The molecular formula is C19H16FN3O. The van der Waals surface area contributed by atoms with Crippen molar-refractivity contribution in [1.29, 1.82) is 0 Å². The fourth-order valence-corrected chi connectivity index (χ4v) is 3.66. The second-order valence-corrected chi connectivity index (χ2v) is 6.17. The van der Waals surface area contributed by atoms with Crippen molar-refractivity contribution in [3.8, 4) is 16.9 Å². The molecule has 2 aromatic heterocycles. The lowest BCUT2D eigenvalue weighted by molar-refractivity contribution is 0.309. The fourth-order valence-electron chi connectivity index (χ4n) is 3.66. The number of hydrogen-bond donors (Lipinski definition) is 2. The highest BCUT2D eigenvalue weighted by molar-refractivity contribution is 6.00.